The summed E-state index contributed by atoms with van der Waals surface area (Å²) in [5.74, 6) is 1.76. The van der Waals surface area contributed by atoms with Crippen molar-refractivity contribution in [2.75, 3.05) is 13.6 Å². The van der Waals surface area contributed by atoms with Crippen LogP contribution >= 0.6 is 11.6 Å². The third-order valence-corrected chi connectivity index (χ3v) is 4.86. The Hall–Kier alpha value is -2.50. The van der Waals surface area contributed by atoms with Crippen molar-refractivity contribution >= 4 is 17.3 Å². The highest BCUT2D eigenvalue weighted by Gasteiger charge is 2.23. The number of fused-ring (bicyclic) bond motifs is 3. The molecule has 2 heterocycles. The first-order valence-electron chi connectivity index (χ1n) is 8.69. The average molecular weight is 366 g/mol. The van der Waals surface area contributed by atoms with Gasteiger partial charge in [-0.15, -0.1) is 10.2 Å². The second-order valence-electron chi connectivity index (χ2n) is 6.39. The number of nitrogens with zero attached hydrogens (tertiary/aromatic N) is 5. The monoisotopic (exact) mass is 365 g/mol. The van der Waals surface area contributed by atoms with E-state index in [1.165, 1.54) is 0 Å². The standard InChI is InChI=1S/C20H20ClN5/c1-3-25(2)13-19-24-23-18-12-22-20(14-7-5-4-6-8-14)16-11-15(21)9-10-17(16)26(18)19/h4-11H,3,12-13H2,1-2H3. The van der Waals surface area contributed by atoms with Gasteiger partial charge in [0.15, 0.2) is 11.6 Å². The van der Waals surface area contributed by atoms with Gasteiger partial charge in [0.1, 0.15) is 6.54 Å². The lowest BCUT2D eigenvalue weighted by molar-refractivity contribution is 0.333. The first-order chi connectivity index (χ1) is 12.7. The zero-order valence-electron chi connectivity index (χ0n) is 14.9. The van der Waals surface area contributed by atoms with E-state index in [1.807, 2.05) is 36.4 Å². The molecule has 5 nitrogen and oxygen atoms in total. The summed E-state index contributed by atoms with van der Waals surface area (Å²) in [6, 6.07) is 16.1. The van der Waals surface area contributed by atoms with Crippen molar-refractivity contribution in [3.05, 3.63) is 76.3 Å². The molecule has 6 heteroatoms. The van der Waals surface area contributed by atoms with Gasteiger partial charge in [-0.05, 0) is 31.8 Å². The van der Waals surface area contributed by atoms with Gasteiger partial charge >= 0.3 is 0 Å². The molecule has 3 aromatic rings. The zero-order valence-corrected chi connectivity index (χ0v) is 15.6. The minimum Gasteiger partial charge on any atom is -0.299 e. The van der Waals surface area contributed by atoms with Crippen LogP contribution < -0.4 is 0 Å². The summed E-state index contributed by atoms with van der Waals surface area (Å²) < 4.78 is 2.12. The molecule has 26 heavy (non-hydrogen) atoms. The van der Waals surface area contributed by atoms with Gasteiger partial charge in [0.25, 0.3) is 0 Å². The summed E-state index contributed by atoms with van der Waals surface area (Å²) in [5.41, 5.74) is 4.03. The molecule has 0 saturated carbocycles. The summed E-state index contributed by atoms with van der Waals surface area (Å²) in [5, 5.41) is 9.51. The molecule has 0 atom stereocenters. The van der Waals surface area contributed by atoms with Crippen LogP contribution in [0.1, 0.15) is 29.7 Å². The topological polar surface area (TPSA) is 46.3 Å². The van der Waals surface area contributed by atoms with Crippen molar-refractivity contribution in [2.24, 2.45) is 4.99 Å². The predicted octanol–water partition coefficient (Wildman–Crippen LogP) is 3.72. The van der Waals surface area contributed by atoms with E-state index in [1.54, 1.807) is 0 Å². The Bertz CT molecular complexity index is 962. The van der Waals surface area contributed by atoms with Gasteiger partial charge < -0.3 is 0 Å². The lowest BCUT2D eigenvalue weighted by Crippen LogP contribution is -2.20. The minimum atomic E-state index is 0.485. The second kappa shape index (κ2) is 7.02. The molecule has 0 fully saturated rings. The fraction of sp³-hybridized carbons (Fsp3) is 0.250. The van der Waals surface area contributed by atoms with Crippen LogP contribution in [0.15, 0.2) is 53.5 Å². The fourth-order valence-corrected chi connectivity index (χ4v) is 3.33. The summed E-state index contributed by atoms with van der Waals surface area (Å²) in [6.45, 7) is 4.29. The molecule has 1 aliphatic rings. The van der Waals surface area contributed by atoms with Gasteiger partial charge in [0, 0.05) is 16.1 Å². The molecule has 4 rings (SSSR count). The quantitative estimate of drug-likeness (QED) is 0.707. The van der Waals surface area contributed by atoms with Crippen LogP contribution in [0, 0.1) is 0 Å². The Morgan fingerprint density at radius 2 is 1.92 bits per heavy atom. The number of benzene rings is 2. The summed E-state index contributed by atoms with van der Waals surface area (Å²) in [4.78, 5) is 7.06. The van der Waals surface area contributed by atoms with Gasteiger partial charge in [0.2, 0.25) is 0 Å². The van der Waals surface area contributed by atoms with Crippen LogP contribution in [0.5, 0.6) is 0 Å². The largest absolute Gasteiger partial charge is 0.299 e. The second-order valence-corrected chi connectivity index (χ2v) is 6.83. The Labute approximate surface area is 158 Å². The van der Waals surface area contributed by atoms with E-state index in [9.17, 15) is 0 Å². The van der Waals surface area contributed by atoms with E-state index in [4.69, 9.17) is 16.6 Å². The van der Waals surface area contributed by atoms with E-state index >= 15 is 0 Å². The Balaban J connectivity index is 1.90. The Kier molecular flexibility index (Phi) is 4.57. The summed E-state index contributed by atoms with van der Waals surface area (Å²) >= 11 is 6.33. The SMILES string of the molecule is CCN(C)Cc1nnc2n1-c1ccc(Cl)cc1C(c1ccccc1)=NC2. The van der Waals surface area contributed by atoms with E-state index in [0.717, 1.165) is 47.3 Å². The number of hydrogen-bond donors (Lipinski definition) is 0. The predicted molar refractivity (Wildman–Crippen MR) is 104 cm³/mol. The molecule has 0 radical (unpaired) electrons. The van der Waals surface area contributed by atoms with Gasteiger partial charge in [-0.25, -0.2) is 0 Å². The number of halogens is 1. The number of rotatable bonds is 4. The molecule has 0 bridgehead atoms. The number of hydrogen-bond acceptors (Lipinski definition) is 4. The Morgan fingerprint density at radius 3 is 2.69 bits per heavy atom. The van der Waals surface area contributed by atoms with Crippen molar-refractivity contribution in [2.45, 2.75) is 20.0 Å². The van der Waals surface area contributed by atoms with Crippen LogP contribution in [0.2, 0.25) is 5.02 Å². The molecule has 0 amide bonds. The van der Waals surface area contributed by atoms with Gasteiger partial charge in [-0.3, -0.25) is 14.5 Å². The molecule has 132 valence electrons. The molecular weight excluding hydrogens is 346 g/mol. The maximum Gasteiger partial charge on any atom is 0.159 e. The number of aromatic nitrogens is 3. The summed E-state index contributed by atoms with van der Waals surface area (Å²) in [6.07, 6.45) is 0. The van der Waals surface area contributed by atoms with Gasteiger partial charge in [-0.1, -0.05) is 48.9 Å². The van der Waals surface area contributed by atoms with Crippen LogP contribution in [0.25, 0.3) is 5.69 Å². The molecule has 0 saturated heterocycles. The van der Waals surface area contributed by atoms with E-state index in [-0.39, 0.29) is 0 Å². The molecule has 1 aliphatic heterocycles. The van der Waals surface area contributed by atoms with Crippen LogP contribution in [-0.4, -0.2) is 39.0 Å². The maximum atomic E-state index is 6.33. The minimum absolute atomic E-state index is 0.485. The van der Waals surface area contributed by atoms with E-state index < -0.39 is 0 Å². The average Bonchev–Trinajstić information content (AvgIpc) is 2.97. The van der Waals surface area contributed by atoms with Crippen molar-refractivity contribution in [3.8, 4) is 5.69 Å². The highest BCUT2D eigenvalue weighted by molar-refractivity contribution is 6.31. The first kappa shape index (κ1) is 16.9. The smallest absolute Gasteiger partial charge is 0.159 e. The Morgan fingerprint density at radius 1 is 1.12 bits per heavy atom. The molecule has 0 N–H and O–H groups in total. The molecular formula is C20H20ClN5. The molecule has 1 aromatic heterocycles. The van der Waals surface area contributed by atoms with Crippen molar-refractivity contribution in [3.63, 3.8) is 0 Å². The highest BCUT2D eigenvalue weighted by Crippen LogP contribution is 2.28. The highest BCUT2D eigenvalue weighted by atomic mass is 35.5. The normalized spacial score (nSPS) is 13.2. The zero-order chi connectivity index (χ0) is 18.1. The fourth-order valence-electron chi connectivity index (χ4n) is 3.16. The van der Waals surface area contributed by atoms with Crippen molar-refractivity contribution < 1.29 is 0 Å². The van der Waals surface area contributed by atoms with E-state index in [2.05, 4.69) is 45.8 Å². The molecule has 2 aromatic carbocycles. The molecule has 0 unspecified atom stereocenters. The van der Waals surface area contributed by atoms with Crippen LogP contribution in [0.4, 0.5) is 0 Å². The summed E-state index contributed by atoms with van der Waals surface area (Å²) in [7, 11) is 2.08. The third kappa shape index (κ3) is 3.04. The number of aliphatic imine (C=N–C) groups is 1. The third-order valence-electron chi connectivity index (χ3n) is 4.63. The van der Waals surface area contributed by atoms with Gasteiger partial charge in [0.05, 0.1) is 17.9 Å². The molecule has 0 aliphatic carbocycles. The van der Waals surface area contributed by atoms with Crippen molar-refractivity contribution in [1.29, 1.82) is 0 Å². The molecule has 0 spiro atoms. The lowest BCUT2D eigenvalue weighted by atomic mass is 10.0. The first-order valence-corrected chi connectivity index (χ1v) is 9.07. The maximum absolute atomic E-state index is 6.33. The van der Waals surface area contributed by atoms with Crippen LogP contribution in [-0.2, 0) is 13.1 Å². The van der Waals surface area contributed by atoms with Crippen LogP contribution in [0.3, 0.4) is 0 Å². The van der Waals surface area contributed by atoms with Crippen molar-refractivity contribution in [1.82, 2.24) is 19.7 Å². The lowest BCUT2D eigenvalue weighted by Gasteiger charge is -2.17. The van der Waals surface area contributed by atoms with E-state index in [0.29, 0.717) is 11.6 Å². The van der Waals surface area contributed by atoms with Gasteiger partial charge in [-0.2, -0.15) is 0 Å².